The molecule has 0 amide bonds. The van der Waals surface area contributed by atoms with E-state index in [0.29, 0.717) is 11.4 Å². The van der Waals surface area contributed by atoms with E-state index in [1.807, 2.05) is 12.1 Å². The van der Waals surface area contributed by atoms with E-state index in [1.165, 1.54) is 0 Å². The molecule has 0 aliphatic carbocycles. The maximum atomic E-state index is 11.4. The summed E-state index contributed by atoms with van der Waals surface area (Å²) in [6.07, 6.45) is 3.91. The van der Waals surface area contributed by atoms with Gasteiger partial charge in [-0.25, -0.2) is 0 Å². The lowest BCUT2D eigenvalue weighted by atomic mass is 10.2. The van der Waals surface area contributed by atoms with Crippen molar-refractivity contribution >= 4 is 27.8 Å². The highest BCUT2D eigenvalue weighted by molar-refractivity contribution is 7.87. The van der Waals surface area contributed by atoms with Crippen LogP contribution >= 0.6 is 11.6 Å². The van der Waals surface area contributed by atoms with Crippen molar-refractivity contribution in [3.63, 3.8) is 0 Å². The molecule has 1 unspecified atom stereocenters. The van der Waals surface area contributed by atoms with Crippen molar-refractivity contribution in [3.8, 4) is 0 Å². The van der Waals surface area contributed by atoms with Crippen LogP contribution < -0.4 is 0 Å². The molecule has 0 spiro atoms. The zero-order valence-corrected chi connectivity index (χ0v) is 10.0. The van der Waals surface area contributed by atoms with E-state index in [4.69, 9.17) is 11.6 Å². The molecule has 1 aromatic carbocycles. The molecule has 1 aliphatic rings. The molecule has 86 valence electrons. The molecule has 1 saturated heterocycles. The summed E-state index contributed by atoms with van der Waals surface area (Å²) in [5.74, 6) is 0. The summed E-state index contributed by atoms with van der Waals surface area (Å²) in [6, 6.07) is 7.24. The second-order valence-corrected chi connectivity index (χ2v) is 5.82. The van der Waals surface area contributed by atoms with Gasteiger partial charge < -0.3 is 0 Å². The van der Waals surface area contributed by atoms with Gasteiger partial charge in [0, 0.05) is 5.02 Å². The Morgan fingerprint density at radius 3 is 2.88 bits per heavy atom. The predicted octanol–water partition coefficient (Wildman–Crippen LogP) is 2.47. The molecule has 1 fully saturated rings. The first-order valence-electron chi connectivity index (χ1n) is 4.90. The molecule has 0 aromatic heterocycles. The van der Waals surface area contributed by atoms with Gasteiger partial charge >= 0.3 is 0 Å². The van der Waals surface area contributed by atoms with E-state index in [0.717, 1.165) is 5.56 Å². The van der Waals surface area contributed by atoms with Gasteiger partial charge in [-0.3, -0.25) is 4.18 Å². The summed E-state index contributed by atoms with van der Waals surface area (Å²) in [5.41, 5.74) is 0.884. The van der Waals surface area contributed by atoms with Crippen LogP contribution in [0.25, 0.3) is 6.08 Å². The van der Waals surface area contributed by atoms with Crippen LogP contribution in [0.3, 0.4) is 0 Å². The first-order valence-corrected chi connectivity index (χ1v) is 6.75. The van der Waals surface area contributed by atoms with Gasteiger partial charge in [-0.15, -0.1) is 0 Å². The lowest BCUT2D eigenvalue weighted by Gasteiger charge is -2.00. The van der Waals surface area contributed by atoms with E-state index < -0.39 is 15.4 Å². The summed E-state index contributed by atoms with van der Waals surface area (Å²) in [7, 11) is -3.39. The minimum absolute atomic E-state index is 0.271. The van der Waals surface area contributed by atoms with Crippen LogP contribution in [0.4, 0.5) is 0 Å². The fourth-order valence-electron chi connectivity index (χ4n) is 1.53. The van der Waals surface area contributed by atoms with Crippen LogP contribution in [0.2, 0.25) is 5.02 Å². The molecule has 16 heavy (non-hydrogen) atoms. The maximum Gasteiger partial charge on any atom is 0.273 e. The number of rotatable bonds is 2. The van der Waals surface area contributed by atoms with Crippen LogP contribution in [0.15, 0.2) is 30.3 Å². The Labute approximate surface area is 99.8 Å². The number of hydrogen-bond acceptors (Lipinski definition) is 3. The largest absolute Gasteiger partial charge is 0.273 e. The minimum atomic E-state index is -3.39. The van der Waals surface area contributed by atoms with Gasteiger partial charge in [-0.2, -0.15) is 8.42 Å². The van der Waals surface area contributed by atoms with Crippen LogP contribution in [0.1, 0.15) is 12.0 Å². The zero-order chi connectivity index (χ0) is 11.6. The standard InChI is InChI=1S/C11H11ClO3S/c12-10-3-1-2-9(8-10)4-5-11-6-7-15-16(11,13)14/h1-5,8,11H,6-7H2/b5-4+. The van der Waals surface area contributed by atoms with Gasteiger partial charge in [0.25, 0.3) is 10.1 Å². The van der Waals surface area contributed by atoms with Crippen LogP contribution in [0.5, 0.6) is 0 Å². The topological polar surface area (TPSA) is 43.4 Å². The molecule has 0 radical (unpaired) electrons. The summed E-state index contributed by atoms with van der Waals surface area (Å²) in [6.45, 7) is 0.271. The fourth-order valence-corrected chi connectivity index (χ4v) is 2.89. The molecule has 3 nitrogen and oxygen atoms in total. The Bertz CT molecular complexity index is 508. The molecule has 2 rings (SSSR count). The van der Waals surface area contributed by atoms with Crippen molar-refractivity contribution in [2.75, 3.05) is 6.61 Å². The predicted molar refractivity (Wildman–Crippen MR) is 63.8 cm³/mol. The van der Waals surface area contributed by atoms with Crippen molar-refractivity contribution in [2.45, 2.75) is 11.7 Å². The fraction of sp³-hybridized carbons (Fsp3) is 0.273. The summed E-state index contributed by atoms with van der Waals surface area (Å²) in [5, 5.41) is 0.0964. The molecular weight excluding hydrogens is 248 g/mol. The Morgan fingerprint density at radius 1 is 1.44 bits per heavy atom. The van der Waals surface area contributed by atoms with Crippen LogP contribution in [-0.4, -0.2) is 20.3 Å². The Hall–Kier alpha value is -0.840. The number of hydrogen-bond donors (Lipinski definition) is 0. The monoisotopic (exact) mass is 258 g/mol. The maximum absolute atomic E-state index is 11.4. The van der Waals surface area contributed by atoms with E-state index in [1.54, 1.807) is 24.3 Å². The van der Waals surface area contributed by atoms with E-state index in [9.17, 15) is 8.42 Å². The first kappa shape index (κ1) is 11.6. The van der Waals surface area contributed by atoms with Crippen LogP contribution in [0, 0.1) is 0 Å². The Balaban J connectivity index is 2.16. The van der Waals surface area contributed by atoms with Gasteiger partial charge in [0.1, 0.15) is 5.25 Å². The highest BCUT2D eigenvalue weighted by Crippen LogP contribution is 2.20. The average molecular weight is 259 g/mol. The molecule has 5 heteroatoms. The smallest absolute Gasteiger partial charge is 0.270 e. The molecule has 0 bridgehead atoms. The zero-order valence-electron chi connectivity index (χ0n) is 8.47. The molecule has 1 heterocycles. The Kier molecular flexibility index (Phi) is 3.33. The van der Waals surface area contributed by atoms with Gasteiger partial charge in [0.05, 0.1) is 6.61 Å². The summed E-state index contributed by atoms with van der Waals surface area (Å²) >= 11 is 5.82. The third-order valence-electron chi connectivity index (χ3n) is 2.37. The van der Waals surface area contributed by atoms with Gasteiger partial charge in [0.2, 0.25) is 0 Å². The van der Waals surface area contributed by atoms with Crippen molar-refractivity contribution in [2.24, 2.45) is 0 Å². The van der Waals surface area contributed by atoms with Gasteiger partial charge in [-0.1, -0.05) is 35.9 Å². The van der Waals surface area contributed by atoms with Gasteiger partial charge in [0.15, 0.2) is 0 Å². The van der Waals surface area contributed by atoms with Crippen molar-refractivity contribution in [1.82, 2.24) is 0 Å². The van der Waals surface area contributed by atoms with E-state index in [2.05, 4.69) is 4.18 Å². The molecule has 1 aromatic rings. The second-order valence-electron chi connectivity index (χ2n) is 3.56. The van der Waals surface area contributed by atoms with Crippen molar-refractivity contribution in [1.29, 1.82) is 0 Å². The Morgan fingerprint density at radius 2 is 2.25 bits per heavy atom. The van der Waals surface area contributed by atoms with Crippen LogP contribution in [-0.2, 0) is 14.3 Å². The third-order valence-corrected chi connectivity index (χ3v) is 4.24. The average Bonchev–Trinajstić information content (AvgIpc) is 2.55. The normalized spacial score (nSPS) is 23.9. The second kappa shape index (κ2) is 4.57. The molecule has 0 N–H and O–H groups in total. The first-order chi connectivity index (χ1) is 7.58. The van der Waals surface area contributed by atoms with Gasteiger partial charge in [-0.05, 0) is 24.1 Å². The van der Waals surface area contributed by atoms with Crippen molar-refractivity contribution in [3.05, 3.63) is 40.9 Å². The number of benzene rings is 1. The SMILES string of the molecule is O=S1(=O)OCCC1/C=C/c1cccc(Cl)c1. The highest BCUT2D eigenvalue weighted by atomic mass is 35.5. The molecular formula is C11H11ClO3S. The lowest BCUT2D eigenvalue weighted by molar-refractivity contribution is 0.354. The molecule has 0 saturated carbocycles. The third kappa shape index (κ3) is 2.64. The summed E-state index contributed by atoms with van der Waals surface area (Å²) < 4.78 is 27.4. The van der Waals surface area contributed by atoms with Crippen molar-refractivity contribution < 1.29 is 12.6 Å². The number of halogens is 1. The molecule has 1 aliphatic heterocycles. The van der Waals surface area contributed by atoms with E-state index >= 15 is 0 Å². The highest BCUT2D eigenvalue weighted by Gasteiger charge is 2.30. The quantitative estimate of drug-likeness (QED) is 0.766. The molecule has 1 atom stereocenters. The minimum Gasteiger partial charge on any atom is -0.270 e. The van der Waals surface area contributed by atoms with E-state index in [-0.39, 0.29) is 6.61 Å². The summed E-state index contributed by atoms with van der Waals surface area (Å²) in [4.78, 5) is 0. The lowest BCUT2D eigenvalue weighted by Crippen LogP contribution is -2.11.